The number of thiazole rings is 1. The fraction of sp³-hybridized carbons (Fsp3) is 0.462. The molecule has 0 spiro atoms. The molecule has 0 aliphatic rings. The number of nitrogens with zero attached hydrogens (tertiary/aromatic N) is 1. The van der Waals surface area contributed by atoms with Gasteiger partial charge in [0.05, 0.1) is 15.2 Å². The maximum atomic E-state index is 12.2. The van der Waals surface area contributed by atoms with E-state index in [0.717, 1.165) is 15.2 Å². The van der Waals surface area contributed by atoms with Crippen molar-refractivity contribution in [2.45, 2.75) is 31.5 Å². The second-order valence-electron chi connectivity index (χ2n) is 4.42. The normalized spacial score (nSPS) is 13.9. The van der Waals surface area contributed by atoms with E-state index < -0.39 is 12.6 Å². The molecule has 0 bridgehead atoms. The minimum Gasteiger partial charge on any atom is -0.317 e. The molecule has 1 heterocycles. The van der Waals surface area contributed by atoms with E-state index in [2.05, 4.69) is 10.3 Å². The zero-order valence-electron chi connectivity index (χ0n) is 10.5. The van der Waals surface area contributed by atoms with Gasteiger partial charge < -0.3 is 5.32 Å². The fourth-order valence-corrected chi connectivity index (χ4v) is 2.95. The summed E-state index contributed by atoms with van der Waals surface area (Å²) in [6.07, 6.45) is -4.24. The largest absolute Gasteiger partial charge is 0.389 e. The number of likely N-dealkylation sites (N-methyl/N-ethyl adjacent to an activating group) is 1. The number of hydrogen-bond acceptors (Lipinski definition) is 3. The van der Waals surface area contributed by atoms with E-state index in [1.54, 1.807) is 18.4 Å². The van der Waals surface area contributed by atoms with Crippen molar-refractivity contribution in [3.05, 3.63) is 29.3 Å². The maximum absolute atomic E-state index is 12.2. The summed E-state index contributed by atoms with van der Waals surface area (Å²) in [5, 5.41) is 3.81. The highest BCUT2D eigenvalue weighted by molar-refractivity contribution is 7.18. The van der Waals surface area contributed by atoms with Gasteiger partial charge in [0.25, 0.3) is 0 Å². The monoisotopic (exact) mass is 288 g/mol. The van der Waals surface area contributed by atoms with Crippen LogP contribution in [0.5, 0.6) is 0 Å². The van der Waals surface area contributed by atoms with Gasteiger partial charge in [-0.3, -0.25) is 0 Å². The van der Waals surface area contributed by atoms with Gasteiger partial charge in [0.1, 0.15) is 0 Å². The molecule has 1 N–H and O–H groups in total. The fourth-order valence-electron chi connectivity index (χ4n) is 1.90. The molecule has 0 saturated heterocycles. The Bertz CT molecular complexity index is 503. The molecular weight excluding hydrogens is 273 g/mol. The number of para-hydroxylation sites is 1. The van der Waals surface area contributed by atoms with E-state index in [1.165, 1.54) is 0 Å². The van der Waals surface area contributed by atoms with E-state index in [0.29, 0.717) is 6.42 Å². The Morgan fingerprint density at radius 1 is 1.32 bits per heavy atom. The highest BCUT2D eigenvalue weighted by Gasteiger charge is 2.28. The van der Waals surface area contributed by atoms with Gasteiger partial charge in [0.15, 0.2) is 0 Å². The molecule has 0 saturated carbocycles. The lowest BCUT2D eigenvalue weighted by atomic mass is 10.1. The molecule has 1 aromatic heterocycles. The van der Waals surface area contributed by atoms with E-state index in [9.17, 15) is 13.2 Å². The minimum absolute atomic E-state index is 0.0793. The summed E-state index contributed by atoms with van der Waals surface area (Å²) >= 11 is 1.54. The Morgan fingerprint density at radius 2 is 2.05 bits per heavy atom. The Kier molecular flexibility index (Phi) is 4.42. The number of rotatable bonds is 5. The van der Waals surface area contributed by atoms with Gasteiger partial charge in [0.2, 0.25) is 0 Å². The van der Waals surface area contributed by atoms with Crippen molar-refractivity contribution < 1.29 is 13.2 Å². The maximum Gasteiger partial charge on any atom is 0.389 e. The summed E-state index contributed by atoms with van der Waals surface area (Å²) < 4.78 is 37.7. The summed E-state index contributed by atoms with van der Waals surface area (Å²) in [4.78, 5) is 4.44. The first-order valence-corrected chi connectivity index (χ1v) is 6.88. The van der Waals surface area contributed by atoms with Crippen molar-refractivity contribution in [3.63, 3.8) is 0 Å². The van der Waals surface area contributed by atoms with E-state index in [1.807, 2.05) is 24.3 Å². The van der Waals surface area contributed by atoms with Crippen LogP contribution < -0.4 is 5.32 Å². The lowest BCUT2D eigenvalue weighted by Gasteiger charge is -2.15. The summed E-state index contributed by atoms with van der Waals surface area (Å²) in [6.45, 7) is 0. The topological polar surface area (TPSA) is 24.9 Å². The number of benzene rings is 1. The van der Waals surface area contributed by atoms with Crippen molar-refractivity contribution in [1.29, 1.82) is 0 Å². The Labute approximate surface area is 113 Å². The van der Waals surface area contributed by atoms with Crippen LogP contribution in [0.4, 0.5) is 13.2 Å². The van der Waals surface area contributed by atoms with Crippen molar-refractivity contribution >= 4 is 21.6 Å². The number of hydrogen-bond donors (Lipinski definition) is 1. The molecule has 1 aromatic carbocycles. The summed E-state index contributed by atoms with van der Waals surface area (Å²) in [5.74, 6) is 0. The van der Waals surface area contributed by atoms with Crippen molar-refractivity contribution in [1.82, 2.24) is 10.3 Å². The Morgan fingerprint density at radius 3 is 2.68 bits per heavy atom. The summed E-state index contributed by atoms with van der Waals surface area (Å²) in [6, 6.07) is 7.54. The molecule has 0 aliphatic heterocycles. The van der Waals surface area contributed by atoms with Crippen LogP contribution in [0, 0.1) is 0 Å². The van der Waals surface area contributed by atoms with Crippen LogP contribution in [0.25, 0.3) is 10.2 Å². The van der Waals surface area contributed by atoms with Crippen molar-refractivity contribution in [3.8, 4) is 0 Å². The van der Waals surface area contributed by atoms with Gasteiger partial charge in [-0.15, -0.1) is 11.3 Å². The number of alkyl halides is 3. The van der Waals surface area contributed by atoms with Gasteiger partial charge in [-0.05, 0) is 25.6 Å². The van der Waals surface area contributed by atoms with Crippen LogP contribution in [0.1, 0.15) is 17.8 Å². The van der Waals surface area contributed by atoms with Crippen molar-refractivity contribution in [2.75, 3.05) is 7.05 Å². The summed E-state index contributed by atoms with van der Waals surface area (Å²) in [7, 11) is 1.69. The third kappa shape index (κ3) is 4.18. The van der Waals surface area contributed by atoms with Crippen LogP contribution in [0.3, 0.4) is 0 Å². The molecule has 104 valence electrons. The molecule has 1 atom stereocenters. The first kappa shape index (κ1) is 14.3. The summed E-state index contributed by atoms with van der Waals surface area (Å²) in [5.41, 5.74) is 0.910. The predicted molar refractivity (Wildman–Crippen MR) is 71.5 cm³/mol. The molecule has 2 aromatic rings. The minimum atomic E-state index is -4.09. The smallest absolute Gasteiger partial charge is 0.317 e. The van der Waals surface area contributed by atoms with E-state index in [4.69, 9.17) is 0 Å². The number of nitrogens with one attached hydrogen (secondary N) is 1. The standard InChI is InChI=1S/C13H15F3N2S/c1-17-9(6-7-13(14,15)16)8-12-18-10-4-2-3-5-11(10)19-12/h2-5,9,17H,6-8H2,1H3. The average Bonchev–Trinajstić information content (AvgIpc) is 2.75. The van der Waals surface area contributed by atoms with Crippen LogP contribution in [0.15, 0.2) is 24.3 Å². The zero-order valence-corrected chi connectivity index (χ0v) is 11.3. The number of aromatic nitrogens is 1. The molecule has 19 heavy (non-hydrogen) atoms. The van der Waals surface area contributed by atoms with Crippen molar-refractivity contribution in [2.24, 2.45) is 0 Å². The van der Waals surface area contributed by atoms with Crippen LogP contribution in [-0.4, -0.2) is 24.2 Å². The molecule has 2 nitrogen and oxygen atoms in total. The molecule has 1 unspecified atom stereocenters. The van der Waals surface area contributed by atoms with Gasteiger partial charge >= 0.3 is 6.18 Å². The molecule has 0 aliphatic carbocycles. The third-order valence-corrected chi connectivity index (χ3v) is 4.00. The van der Waals surface area contributed by atoms with Gasteiger partial charge in [-0.1, -0.05) is 12.1 Å². The van der Waals surface area contributed by atoms with Gasteiger partial charge in [-0.25, -0.2) is 4.98 Å². The second kappa shape index (κ2) is 5.88. The predicted octanol–water partition coefficient (Wildman–Crippen LogP) is 3.77. The average molecular weight is 288 g/mol. The van der Waals surface area contributed by atoms with E-state index >= 15 is 0 Å². The number of halogens is 3. The van der Waals surface area contributed by atoms with Gasteiger partial charge in [-0.2, -0.15) is 13.2 Å². The lowest BCUT2D eigenvalue weighted by Crippen LogP contribution is -2.29. The highest BCUT2D eigenvalue weighted by Crippen LogP contribution is 2.25. The SMILES string of the molecule is CNC(CCC(F)(F)F)Cc1nc2ccccc2s1. The number of fused-ring (bicyclic) bond motifs is 1. The first-order valence-electron chi connectivity index (χ1n) is 6.06. The molecule has 0 radical (unpaired) electrons. The zero-order chi connectivity index (χ0) is 13.9. The lowest BCUT2D eigenvalue weighted by molar-refractivity contribution is -0.136. The quantitative estimate of drug-likeness (QED) is 0.906. The molecule has 0 amide bonds. The Hall–Kier alpha value is -1.14. The van der Waals surface area contributed by atoms with Gasteiger partial charge in [0, 0.05) is 18.9 Å². The van der Waals surface area contributed by atoms with Crippen LogP contribution in [-0.2, 0) is 6.42 Å². The second-order valence-corrected chi connectivity index (χ2v) is 5.53. The van der Waals surface area contributed by atoms with Crippen LogP contribution >= 0.6 is 11.3 Å². The molecule has 6 heteroatoms. The highest BCUT2D eigenvalue weighted by atomic mass is 32.1. The first-order chi connectivity index (χ1) is 8.98. The van der Waals surface area contributed by atoms with E-state index in [-0.39, 0.29) is 12.5 Å². The molecular formula is C13H15F3N2S. The molecule has 2 rings (SSSR count). The third-order valence-electron chi connectivity index (χ3n) is 2.94. The molecule has 0 fully saturated rings. The Balaban J connectivity index is 2.01. The van der Waals surface area contributed by atoms with Crippen LogP contribution in [0.2, 0.25) is 0 Å².